The number of hydrogen-bond acceptors (Lipinski definition) is 8. The van der Waals surface area contributed by atoms with E-state index in [-0.39, 0.29) is 17.0 Å². The minimum Gasteiger partial charge on any atom is -0.493 e. The molecule has 0 aliphatic carbocycles. The molecule has 0 atom stereocenters. The van der Waals surface area contributed by atoms with Crippen molar-refractivity contribution in [3.05, 3.63) is 99.7 Å². The first-order valence-corrected chi connectivity index (χ1v) is 14.7. The van der Waals surface area contributed by atoms with Gasteiger partial charge >= 0.3 is 5.97 Å². The molecule has 12 heteroatoms. The second-order valence-electron chi connectivity index (χ2n) is 9.69. The smallest absolute Gasteiger partial charge is 0.343 e. The monoisotopic (exact) mass is 661 g/mol. The molecular weight excluding hydrogens is 633 g/mol. The number of benzene rings is 4. The van der Waals surface area contributed by atoms with Gasteiger partial charge in [-0.2, -0.15) is 5.10 Å². The molecule has 0 bridgehead atoms. The number of fused-ring (bicyclic) bond motifs is 1. The molecule has 0 saturated heterocycles. The summed E-state index contributed by atoms with van der Waals surface area (Å²) in [6.45, 7) is 2.11. The maximum absolute atomic E-state index is 13.4. The van der Waals surface area contributed by atoms with Crippen LogP contribution in [0.3, 0.4) is 0 Å². The number of amides is 1. The Morgan fingerprint density at radius 3 is 2.24 bits per heavy atom. The topological polar surface area (TPSA) is 120 Å². The summed E-state index contributed by atoms with van der Waals surface area (Å²) >= 11 is 12.8. The third-order valence-electron chi connectivity index (χ3n) is 6.85. The van der Waals surface area contributed by atoms with Crippen LogP contribution in [0.4, 0.5) is 0 Å². The van der Waals surface area contributed by atoms with Crippen molar-refractivity contribution in [2.24, 2.45) is 5.10 Å². The molecule has 0 radical (unpaired) electrons. The average Bonchev–Trinajstić information content (AvgIpc) is 3.45. The molecule has 0 spiro atoms. The summed E-state index contributed by atoms with van der Waals surface area (Å²) in [6.07, 6.45) is 1.44. The van der Waals surface area contributed by atoms with Gasteiger partial charge in [-0.05, 0) is 60.5 Å². The van der Waals surface area contributed by atoms with Gasteiger partial charge in [0.2, 0.25) is 5.75 Å². The van der Waals surface area contributed by atoms with Crippen LogP contribution in [0.5, 0.6) is 28.7 Å². The Morgan fingerprint density at radius 1 is 0.870 bits per heavy atom. The standard InChI is InChI=1S/C34H29Cl2N3O7/c1-5-45-26-13-19(11-12-25(26)46-34(41)21-14-27(42-2)32(44-4)28(15-21)43-3)18-37-39-33(40)31-29(20-9-7-6-8-10-20)30-23(36)16-22(35)17-24(30)38-31/h6-18,38H,5H2,1-4H3,(H,39,40). The summed E-state index contributed by atoms with van der Waals surface area (Å²) in [5, 5.41) is 5.67. The largest absolute Gasteiger partial charge is 0.493 e. The summed E-state index contributed by atoms with van der Waals surface area (Å²) in [6, 6.07) is 20.6. The SMILES string of the molecule is CCOc1cc(C=NNC(=O)c2[nH]c3cc(Cl)cc(Cl)c3c2-c2ccccc2)ccc1OC(=O)c1cc(OC)c(OC)c(OC)c1. The third-order valence-corrected chi connectivity index (χ3v) is 7.37. The van der Waals surface area contributed by atoms with Crippen LogP contribution in [0.2, 0.25) is 10.0 Å². The molecule has 236 valence electrons. The zero-order chi connectivity index (χ0) is 32.8. The average molecular weight is 663 g/mol. The molecular formula is C34H29Cl2N3O7. The number of rotatable bonds is 11. The highest BCUT2D eigenvalue weighted by molar-refractivity contribution is 6.40. The first-order valence-electron chi connectivity index (χ1n) is 14.0. The van der Waals surface area contributed by atoms with Crippen molar-refractivity contribution in [1.29, 1.82) is 0 Å². The number of nitrogens with zero attached hydrogens (tertiary/aromatic N) is 1. The number of hydrazone groups is 1. The highest BCUT2D eigenvalue weighted by Crippen LogP contribution is 2.40. The van der Waals surface area contributed by atoms with Crippen molar-refractivity contribution in [1.82, 2.24) is 10.4 Å². The first-order chi connectivity index (χ1) is 22.3. The van der Waals surface area contributed by atoms with Crippen molar-refractivity contribution < 1.29 is 33.3 Å². The molecule has 0 unspecified atom stereocenters. The fourth-order valence-corrected chi connectivity index (χ4v) is 5.44. The van der Waals surface area contributed by atoms with Gasteiger partial charge in [0.15, 0.2) is 23.0 Å². The van der Waals surface area contributed by atoms with Gasteiger partial charge in [-0.15, -0.1) is 0 Å². The Hall–Kier alpha value is -5.19. The van der Waals surface area contributed by atoms with Gasteiger partial charge < -0.3 is 28.7 Å². The van der Waals surface area contributed by atoms with Gasteiger partial charge in [0.05, 0.1) is 44.7 Å². The number of esters is 1. The Labute approximate surface area is 274 Å². The number of aromatic amines is 1. The van der Waals surface area contributed by atoms with Crippen molar-refractivity contribution in [2.45, 2.75) is 6.92 Å². The van der Waals surface area contributed by atoms with Crippen molar-refractivity contribution >= 4 is 52.2 Å². The molecule has 0 aliphatic rings. The van der Waals surface area contributed by atoms with E-state index in [0.29, 0.717) is 61.7 Å². The van der Waals surface area contributed by atoms with E-state index in [1.165, 1.54) is 39.7 Å². The fourth-order valence-electron chi connectivity index (χ4n) is 4.85. The molecule has 0 saturated carbocycles. The second kappa shape index (κ2) is 14.3. The van der Waals surface area contributed by atoms with E-state index in [9.17, 15) is 9.59 Å². The normalized spacial score (nSPS) is 11.0. The Kier molecular flexibility index (Phi) is 10.00. The molecule has 5 rings (SSSR count). The van der Waals surface area contributed by atoms with Gasteiger partial charge in [-0.1, -0.05) is 53.5 Å². The number of halogens is 2. The number of nitrogens with one attached hydrogen (secondary N) is 2. The molecule has 5 aromatic rings. The summed E-state index contributed by atoms with van der Waals surface area (Å²) in [5.41, 5.74) is 5.63. The van der Waals surface area contributed by atoms with Crippen LogP contribution in [0, 0.1) is 0 Å². The van der Waals surface area contributed by atoms with Gasteiger partial charge in [0.25, 0.3) is 5.91 Å². The lowest BCUT2D eigenvalue weighted by molar-refractivity contribution is 0.0727. The van der Waals surface area contributed by atoms with Crippen LogP contribution in [-0.4, -0.2) is 51.0 Å². The van der Waals surface area contributed by atoms with Gasteiger partial charge in [0, 0.05) is 21.5 Å². The summed E-state index contributed by atoms with van der Waals surface area (Å²) in [4.78, 5) is 29.6. The predicted molar refractivity (Wildman–Crippen MR) is 177 cm³/mol. The Balaban J connectivity index is 1.37. The van der Waals surface area contributed by atoms with Crippen LogP contribution in [0.25, 0.3) is 22.0 Å². The van der Waals surface area contributed by atoms with E-state index < -0.39 is 11.9 Å². The molecule has 0 aliphatic heterocycles. The third kappa shape index (κ3) is 6.73. The van der Waals surface area contributed by atoms with Crippen molar-refractivity contribution in [3.8, 4) is 39.9 Å². The van der Waals surface area contributed by atoms with E-state index in [1.807, 2.05) is 30.3 Å². The molecule has 10 nitrogen and oxygen atoms in total. The highest BCUT2D eigenvalue weighted by Gasteiger charge is 2.22. The fraction of sp³-hybridized carbons (Fsp3) is 0.147. The number of ether oxygens (including phenoxy) is 5. The quantitative estimate of drug-likeness (QED) is 0.0649. The van der Waals surface area contributed by atoms with E-state index in [2.05, 4.69) is 15.5 Å². The van der Waals surface area contributed by atoms with E-state index in [4.69, 9.17) is 46.9 Å². The number of H-pyrrole nitrogens is 1. The van der Waals surface area contributed by atoms with Gasteiger partial charge in [0.1, 0.15) is 5.69 Å². The second-order valence-corrected chi connectivity index (χ2v) is 10.5. The highest BCUT2D eigenvalue weighted by atomic mass is 35.5. The number of hydrogen-bond donors (Lipinski definition) is 2. The predicted octanol–water partition coefficient (Wildman–Crippen LogP) is 7.55. The molecule has 2 N–H and O–H groups in total. The lowest BCUT2D eigenvalue weighted by Gasteiger charge is -2.15. The van der Waals surface area contributed by atoms with Gasteiger partial charge in [-0.3, -0.25) is 4.79 Å². The summed E-state index contributed by atoms with van der Waals surface area (Å²) in [5.74, 6) is 0.295. The molecule has 0 fully saturated rings. The Morgan fingerprint density at radius 2 is 1.59 bits per heavy atom. The van der Waals surface area contributed by atoms with Crippen LogP contribution < -0.4 is 29.1 Å². The Bertz CT molecular complexity index is 1920. The van der Waals surface area contributed by atoms with Crippen LogP contribution in [0.1, 0.15) is 33.3 Å². The zero-order valence-corrected chi connectivity index (χ0v) is 26.8. The minimum atomic E-state index is -0.664. The lowest BCUT2D eigenvalue weighted by atomic mass is 10.0. The molecule has 1 amide bonds. The number of methoxy groups -OCH3 is 3. The van der Waals surface area contributed by atoms with Crippen LogP contribution >= 0.6 is 23.2 Å². The molecule has 4 aromatic carbocycles. The van der Waals surface area contributed by atoms with Crippen LogP contribution in [0.15, 0.2) is 77.9 Å². The van der Waals surface area contributed by atoms with E-state index >= 15 is 0 Å². The van der Waals surface area contributed by atoms with Crippen molar-refractivity contribution in [2.75, 3.05) is 27.9 Å². The van der Waals surface area contributed by atoms with E-state index in [0.717, 1.165) is 5.56 Å². The molecule has 1 heterocycles. The minimum absolute atomic E-state index is 0.181. The maximum Gasteiger partial charge on any atom is 0.343 e. The number of aromatic nitrogens is 1. The number of carbonyl (C=O) groups is 2. The summed E-state index contributed by atoms with van der Waals surface area (Å²) < 4.78 is 27.4. The van der Waals surface area contributed by atoms with Gasteiger partial charge in [-0.25, -0.2) is 10.2 Å². The van der Waals surface area contributed by atoms with E-state index in [1.54, 1.807) is 37.3 Å². The zero-order valence-electron chi connectivity index (χ0n) is 25.3. The van der Waals surface area contributed by atoms with Crippen LogP contribution in [-0.2, 0) is 0 Å². The summed E-state index contributed by atoms with van der Waals surface area (Å²) in [7, 11) is 4.38. The number of carbonyl (C=O) groups excluding carboxylic acids is 2. The van der Waals surface area contributed by atoms with Crippen molar-refractivity contribution in [3.63, 3.8) is 0 Å². The molecule has 1 aromatic heterocycles. The maximum atomic E-state index is 13.4. The first kappa shape index (κ1) is 32.2. The molecule has 46 heavy (non-hydrogen) atoms. The lowest BCUT2D eigenvalue weighted by Crippen LogP contribution is -2.18.